The summed E-state index contributed by atoms with van der Waals surface area (Å²) in [5.41, 5.74) is 0.867. The summed E-state index contributed by atoms with van der Waals surface area (Å²) in [5, 5.41) is -0.435. The Bertz CT molecular complexity index is 620. The van der Waals surface area contributed by atoms with E-state index in [0.29, 0.717) is 17.2 Å². The van der Waals surface area contributed by atoms with Crippen LogP contribution in [0.25, 0.3) is 0 Å². The molecule has 1 unspecified atom stereocenters. The van der Waals surface area contributed by atoms with E-state index >= 15 is 0 Å². The SMILES string of the molecule is CC1CCCN(C(=O)Cc2ccc(S(=O)(=O)C(C)C)cc2)C1. The fraction of sp³-hybridized carbons (Fsp3) is 0.588. The van der Waals surface area contributed by atoms with Gasteiger partial charge in [-0.15, -0.1) is 0 Å². The molecule has 4 nitrogen and oxygen atoms in total. The molecule has 22 heavy (non-hydrogen) atoms. The van der Waals surface area contributed by atoms with E-state index in [4.69, 9.17) is 0 Å². The zero-order chi connectivity index (χ0) is 16.3. The van der Waals surface area contributed by atoms with Gasteiger partial charge in [0.15, 0.2) is 9.84 Å². The van der Waals surface area contributed by atoms with Crippen LogP contribution in [-0.2, 0) is 21.1 Å². The lowest BCUT2D eigenvalue weighted by atomic mass is 9.99. The van der Waals surface area contributed by atoms with Gasteiger partial charge in [-0.1, -0.05) is 19.1 Å². The topological polar surface area (TPSA) is 54.5 Å². The molecular formula is C17H25NO3S. The Morgan fingerprint density at radius 2 is 1.91 bits per heavy atom. The van der Waals surface area contributed by atoms with E-state index in [9.17, 15) is 13.2 Å². The minimum atomic E-state index is -3.25. The maximum atomic E-state index is 12.3. The zero-order valence-electron chi connectivity index (χ0n) is 13.6. The zero-order valence-corrected chi connectivity index (χ0v) is 14.4. The van der Waals surface area contributed by atoms with Crippen molar-refractivity contribution in [3.63, 3.8) is 0 Å². The van der Waals surface area contributed by atoms with Crippen LogP contribution in [0.3, 0.4) is 0 Å². The lowest BCUT2D eigenvalue weighted by Crippen LogP contribution is -2.39. The van der Waals surface area contributed by atoms with E-state index in [1.54, 1.807) is 38.1 Å². The van der Waals surface area contributed by atoms with E-state index < -0.39 is 15.1 Å². The molecule has 122 valence electrons. The van der Waals surface area contributed by atoms with Gasteiger partial charge in [0.1, 0.15) is 0 Å². The first-order valence-electron chi connectivity index (χ1n) is 7.91. The van der Waals surface area contributed by atoms with E-state index in [2.05, 4.69) is 6.92 Å². The average Bonchev–Trinajstić information content (AvgIpc) is 2.47. The molecule has 1 amide bonds. The second-order valence-corrected chi connectivity index (χ2v) is 9.01. The van der Waals surface area contributed by atoms with Crippen LogP contribution in [0, 0.1) is 5.92 Å². The summed E-state index contributed by atoms with van der Waals surface area (Å²) in [5.74, 6) is 0.697. The predicted molar refractivity (Wildman–Crippen MR) is 87.4 cm³/mol. The highest BCUT2D eigenvalue weighted by Crippen LogP contribution is 2.19. The molecule has 0 saturated carbocycles. The number of hydrogen-bond donors (Lipinski definition) is 0. The van der Waals surface area contributed by atoms with Crippen molar-refractivity contribution in [1.82, 2.24) is 4.90 Å². The van der Waals surface area contributed by atoms with Gasteiger partial charge in [0.25, 0.3) is 0 Å². The Balaban J connectivity index is 2.04. The van der Waals surface area contributed by atoms with Crippen LogP contribution in [-0.4, -0.2) is 37.6 Å². The second-order valence-electron chi connectivity index (χ2n) is 6.50. The van der Waals surface area contributed by atoms with Crippen LogP contribution in [0.1, 0.15) is 39.2 Å². The molecule has 0 bridgehead atoms. The smallest absolute Gasteiger partial charge is 0.226 e. The van der Waals surface area contributed by atoms with Gasteiger partial charge >= 0.3 is 0 Å². The maximum Gasteiger partial charge on any atom is 0.226 e. The van der Waals surface area contributed by atoms with Gasteiger partial charge in [-0.2, -0.15) is 0 Å². The molecule has 0 aliphatic carbocycles. The number of carbonyl (C=O) groups is 1. The van der Waals surface area contributed by atoms with Crippen LogP contribution in [0.15, 0.2) is 29.2 Å². The highest BCUT2D eigenvalue weighted by atomic mass is 32.2. The number of nitrogens with zero attached hydrogens (tertiary/aromatic N) is 1. The van der Waals surface area contributed by atoms with Gasteiger partial charge in [-0.3, -0.25) is 4.79 Å². The summed E-state index contributed by atoms with van der Waals surface area (Å²) in [7, 11) is -3.25. The van der Waals surface area contributed by atoms with E-state index in [-0.39, 0.29) is 5.91 Å². The van der Waals surface area contributed by atoms with Crippen LogP contribution in [0.2, 0.25) is 0 Å². The van der Waals surface area contributed by atoms with E-state index in [1.165, 1.54) is 6.42 Å². The summed E-state index contributed by atoms with van der Waals surface area (Å²) in [6.07, 6.45) is 2.60. The number of piperidine rings is 1. The number of benzene rings is 1. The quantitative estimate of drug-likeness (QED) is 0.856. The van der Waals surface area contributed by atoms with Crippen molar-refractivity contribution in [2.24, 2.45) is 5.92 Å². The van der Waals surface area contributed by atoms with Crippen molar-refractivity contribution in [2.45, 2.75) is 50.2 Å². The molecule has 1 atom stereocenters. The summed E-state index contributed by atoms with van der Waals surface area (Å²) in [6.45, 7) is 7.18. The molecule has 1 aliphatic rings. The minimum Gasteiger partial charge on any atom is -0.342 e. The van der Waals surface area contributed by atoms with Gasteiger partial charge in [0, 0.05) is 13.1 Å². The Hall–Kier alpha value is -1.36. The van der Waals surface area contributed by atoms with Gasteiger partial charge in [0.05, 0.1) is 16.6 Å². The highest BCUT2D eigenvalue weighted by molar-refractivity contribution is 7.92. The molecular weight excluding hydrogens is 298 g/mol. The van der Waals surface area contributed by atoms with Crippen LogP contribution in [0.4, 0.5) is 0 Å². The van der Waals surface area contributed by atoms with Gasteiger partial charge in [-0.05, 0) is 50.3 Å². The third-order valence-corrected chi connectivity index (χ3v) is 6.41. The summed E-state index contributed by atoms with van der Waals surface area (Å²) in [4.78, 5) is 14.6. The summed E-state index contributed by atoms with van der Waals surface area (Å²) in [6, 6.07) is 6.72. The van der Waals surface area contributed by atoms with E-state index in [0.717, 1.165) is 25.1 Å². The molecule has 1 aromatic rings. The number of sulfone groups is 1. The summed E-state index contributed by atoms with van der Waals surface area (Å²) >= 11 is 0. The van der Waals surface area contributed by atoms with Crippen molar-refractivity contribution < 1.29 is 13.2 Å². The first-order chi connectivity index (χ1) is 10.3. The third kappa shape index (κ3) is 3.88. The molecule has 0 spiro atoms. The normalized spacial score (nSPS) is 19.5. The number of carbonyl (C=O) groups excluding carboxylic acids is 1. The fourth-order valence-corrected chi connectivity index (χ4v) is 3.83. The standard InChI is InChI=1S/C17H25NO3S/c1-13(2)22(20,21)16-8-6-15(7-9-16)11-17(19)18-10-4-5-14(3)12-18/h6-9,13-14H,4-5,10-12H2,1-3H3. The van der Waals surface area contributed by atoms with Crippen LogP contribution in [0.5, 0.6) is 0 Å². The lowest BCUT2D eigenvalue weighted by molar-refractivity contribution is -0.132. The number of rotatable bonds is 4. The molecule has 5 heteroatoms. The Morgan fingerprint density at radius 3 is 2.45 bits per heavy atom. The molecule has 0 aromatic heterocycles. The fourth-order valence-electron chi connectivity index (χ4n) is 2.77. The number of amides is 1. The largest absolute Gasteiger partial charge is 0.342 e. The van der Waals surface area contributed by atoms with Gasteiger partial charge in [-0.25, -0.2) is 8.42 Å². The highest BCUT2D eigenvalue weighted by Gasteiger charge is 2.22. The number of likely N-dealkylation sites (tertiary alicyclic amines) is 1. The second kappa shape index (κ2) is 6.82. The molecule has 2 rings (SSSR count). The molecule has 0 radical (unpaired) electrons. The Morgan fingerprint density at radius 1 is 1.27 bits per heavy atom. The monoisotopic (exact) mass is 323 g/mol. The average molecular weight is 323 g/mol. The van der Waals surface area contributed by atoms with Crippen molar-refractivity contribution in [3.8, 4) is 0 Å². The van der Waals surface area contributed by atoms with Crippen molar-refractivity contribution in [3.05, 3.63) is 29.8 Å². The molecule has 1 aliphatic heterocycles. The van der Waals surface area contributed by atoms with Gasteiger partial charge < -0.3 is 4.90 Å². The molecule has 1 fully saturated rings. The van der Waals surface area contributed by atoms with Crippen molar-refractivity contribution in [1.29, 1.82) is 0 Å². The lowest BCUT2D eigenvalue weighted by Gasteiger charge is -2.31. The third-order valence-electron chi connectivity index (χ3n) is 4.24. The molecule has 1 saturated heterocycles. The first-order valence-corrected chi connectivity index (χ1v) is 9.46. The first kappa shape index (κ1) is 17.0. The molecule has 1 aromatic carbocycles. The minimum absolute atomic E-state index is 0.131. The van der Waals surface area contributed by atoms with Crippen LogP contribution < -0.4 is 0 Å². The van der Waals surface area contributed by atoms with Crippen LogP contribution >= 0.6 is 0 Å². The molecule has 1 heterocycles. The van der Waals surface area contributed by atoms with Gasteiger partial charge in [0.2, 0.25) is 5.91 Å². The van der Waals surface area contributed by atoms with Crippen molar-refractivity contribution >= 4 is 15.7 Å². The molecule has 0 N–H and O–H groups in total. The Labute approximate surface area is 133 Å². The van der Waals surface area contributed by atoms with Crippen molar-refractivity contribution in [2.75, 3.05) is 13.1 Å². The van der Waals surface area contributed by atoms with E-state index in [1.807, 2.05) is 4.90 Å². The number of hydrogen-bond acceptors (Lipinski definition) is 3. The predicted octanol–water partition coefficient (Wildman–Crippen LogP) is 2.67. The summed E-state index contributed by atoms with van der Waals surface area (Å²) < 4.78 is 24.1. The Kier molecular flexibility index (Phi) is 5.27. The maximum absolute atomic E-state index is 12.3.